The molecule has 7 heteroatoms. The van der Waals surface area contributed by atoms with Gasteiger partial charge in [-0.25, -0.2) is 14.0 Å². The predicted molar refractivity (Wildman–Crippen MR) is 85.4 cm³/mol. The summed E-state index contributed by atoms with van der Waals surface area (Å²) in [5, 5.41) is 11.7. The van der Waals surface area contributed by atoms with Crippen LogP contribution in [-0.2, 0) is 9.53 Å². The zero-order valence-electron chi connectivity index (χ0n) is 14.2. The Balaban J connectivity index is 2.74. The first kappa shape index (κ1) is 19.6. The maximum absolute atomic E-state index is 12.9. The molecule has 0 fully saturated rings. The number of ketones is 1. The van der Waals surface area contributed by atoms with Crippen LogP contribution in [-0.4, -0.2) is 34.1 Å². The van der Waals surface area contributed by atoms with E-state index < -0.39 is 29.0 Å². The van der Waals surface area contributed by atoms with E-state index in [0.29, 0.717) is 0 Å². The number of benzene rings is 1. The molecule has 1 amide bonds. The van der Waals surface area contributed by atoms with Crippen LogP contribution in [0.15, 0.2) is 24.3 Å². The number of amides is 1. The van der Waals surface area contributed by atoms with Gasteiger partial charge in [-0.2, -0.15) is 0 Å². The van der Waals surface area contributed by atoms with E-state index in [1.807, 2.05) is 0 Å². The average molecular weight is 339 g/mol. The summed E-state index contributed by atoms with van der Waals surface area (Å²) in [4.78, 5) is 35.4. The van der Waals surface area contributed by atoms with Gasteiger partial charge >= 0.3 is 12.1 Å². The van der Waals surface area contributed by atoms with Gasteiger partial charge in [-0.05, 0) is 58.4 Å². The summed E-state index contributed by atoms with van der Waals surface area (Å²) in [5.74, 6) is -2.08. The maximum Gasteiger partial charge on any atom is 0.408 e. The normalized spacial score (nSPS) is 13.7. The molecular weight excluding hydrogens is 317 g/mol. The second-order valence-corrected chi connectivity index (χ2v) is 6.69. The highest BCUT2D eigenvalue weighted by Crippen LogP contribution is 2.17. The standard InChI is InChI=1S/C17H22FNO5/c1-16(2,3)24-15(23)19-17(4,14(21)22)10-9-13(20)11-5-7-12(18)8-6-11/h5-8H,9-10H2,1-4H3,(H,19,23)(H,21,22). The molecule has 0 spiro atoms. The van der Waals surface area contributed by atoms with Crippen LogP contribution < -0.4 is 5.32 Å². The number of rotatable bonds is 6. The number of alkyl carbamates (subject to hydrolysis) is 1. The summed E-state index contributed by atoms with van der Waals surface area (Å²) in [7, 11) is 0. The highest BCUT2D eigenvalue weighted by atomic mass is 19.1. The van der Waals surface area contributed by atoms with Gasteiger partial charge in [-0.3, -0.25) is 4.79 Å². The molecule has 0 aromatic heterocycles. The highest BCUT2D eigenvalue weighted by molar-refractivity contribution is 5.96. The van der Waals surface area contributed by atoms with Crippen LogP contribution in [0.3, 0.4) is 0 Å². The molecule has 2 N–H and O–H groups in total. The predicted octanol–water partition coefficient (Wildman–Crippen LogP) is 3.16. The van der Waals surface area contributed by atoms with Gasteiger partial charge < -0.3 is 15.2 Å². The average Bonchev–Trinajstić information content (AvgIpc) is 2.43. The lowest BCUT2D eigenvalue weighted by Crippen LogP contribution is -2.53. The quantitative estimate of drug-likeness (QED) is 0.777. The Hall–Kier alpha value is -2.44. The Morgan fingerprint density at radius 2 is 1.67 bits per heavy atom. The van der Waals surface area contributed by atoms with Crippen LogP contribution in [0.25, 0.3) is 0 Å². The molecule has 1 aromatic rings. The van der Waals surface area contributed by atoms with Gasteiger partial charge in [-0.15, -0.1) is 0 Å². The Labute approximate surface area is 140 Å². The largest absolute Gasteiger partial charge is 0.480 e. The lowest BCUT2D eigenvalue weighted by molar-refractivity contribution is -0.144. The summed E-state index contributed by atoms with van der Waals surface area (Å²) in [6.07, 6.45) is -1.12. The zero-order chi connectivity index (χ0) is 18.5. The number of hydrogen-bond acceptors (Lipinski definition) is 4. The monoisotopic (exact) mass is 339 g/mol. The van der Waals surface area contributed by atoms with Crippen molar-refractivity contribution in [1.82, 2.24) is 5.32 Å². The molecule has 1 unspecified atom stereocenters. The number of hydrogen-bond donors (Lipinski definition) is 2. The molecule has 0 bridgehead atoms. The van der Waals surface area contributed by atoms with Gasteiger partial charge in [0, 0.05) is 12.0 Å². The van der Waals surface area contributed by atoms with Gasteiger partial charge in [0.05, 0.1) is 0 Å². The van der Waals surface area contributed by atoms with E-state index in [2.05, 4.69) is 5.32 Å². The first-order valence-electron chi connectivity index (χ1n) is 7.46. The van der Waals surface area contributed by atoms with Crippen molar-refractivity contribution >= 4 is 17.8 Å². The van der Waals surface area contributed by atoms with Crippen LogP contribution in [0.1, 0.15) is 50.9 Å². The second kappa shape index (κ2) is 7.42. The minimum atomic E-state index is -1.65. The first-order chi connectivity index (χ1) is 10.9. The van der Waals surface area contributed by atoms with Crippen molar-refractivity contribution in [2.45, 2.75) is 51.7 Å². The summed E-state index contributed by atoms with van der Waals surface area (Å²) in [6, 6.07) is 4.97. The molecule has 0 heterocycles. The fraction of sp³-hybridized carbons (Fsp3) is 0.471. The van der Waals surface area contributed by atoms with Gasteiger partial charge in [0.2, 0.25) is 0 Å². The molecular formula is C17H22FNO5. The molecule has 0 saturated heterocycles. The van der Waals surface area contributed by atoms with Crippen molar-refractivity contribution in [2.24, 2.45) is 0 Å². The summed E-state index contributed by atoms with van der Waals surface area (Å²) in [5.41, 5.74) is -2.15. The lowest BCUT2D eigenvalue weighted by Gasteiger charge is -2.28. The third-order valence-corrected chi connectivity index (χ3v) is 3.27. The van der Waals surface area contributed by atoms with E-state index >= 15 is 0 Å². The van der Waals surface area contributed by atoms with Gasteiger partial charge in [-0.1, -0.05) is 0 Å². The van der Waals surface area contributed by atoms with Crippen molar-refractivity contribution in [3.8, 4) is 0 Å². The lowest BCUT2D eigenvalue weighted by atomic mass is 9.93. The number of carboxylic acids is 1. The van der Waals surface area contributed by atoms with Crippen molar-refractivity contribution in [2.75, 3.05) is 0 Å². The van der Waals surface area contributed by atoms with Crippen LogP contribution in [0.2, 0.25) is 0 Å². The number of ether oxygens (including phenoxy) is 1. The fourth-order valence-electron chi connectivity index (χ4n) is 1.90. The number of carbonyl (C=O) groups is 3. The molecule has 0 radical (unpaired) electrons. The van der Waals surface area contributed by atoms with E-state index in [0.717, 1.165) is 12.1 Å². The van der Waals surface area contributed by atoms with Crippen LogP contribution in [0.4, 0.5) is 9.18 Å². The third kappa shape index (κ3) is 5.98. The van der Waals surface area contributed by atoms with Crippen molar-refractivity contribution in [3.05, 3.63) is 35.6 Å². The molecule has 0 aliphatic rings. The van der Waals surface area contributed by atoms with Crippen LogP contribution in [0, 0.1) is 5.82 Å². The maximum atomic E-state index is 12.9. The number of halogens is 1. The molecule has 0 saturated carbocycles. The minimum Gasteiger partial charge on any atom is -0.480 e. The zero-order valence-corrected chi connectivity index (χ0v) is 14.2. The minimum absolute atomic E-state index is 0.121. The number of aliphatic carboxylic acids is 1. The second-order valence-electron chi connectivity index (χ2n) is 6.69. The van der Waals surface area contributed by atoms with E-state index in [1.54, 1.807) is 20.8 Å². The Kier molecular flexibility index (Phi) is 6.06. The van der Waals surface area contributed by atoms with E-state index in [9.17, 15) is 23.9 Å². The molecule has 1 atom stereocenters. The Morgan fingerprint density at radius 1 is 1.12 bits per heavy atom. The molecule has 6 nitrogen and oxygen atoms in total. The van der Waals surface area contributed by atoms with Gasteiger partial charge in [0.25, 0.3) is 0 Å². The summed E-state index contributed by atoms with van der Waals surface area (Å²) >= 11 is 0. The molecule has 1 aromatic carbocycles. The highest BCUT2D eigenvalue weighted by Gasteiger charge is 2.36. The Morgan fingerprint density at radius 3 is 2.12 bits per heavy atom. The number of nitrogens with one attached hydrogen (secondary N) is 1. The molecule has 0 aliphatic heterocycles. The smallest absolute Gasteiger partial charge is 0.408 e. The van der Waals surface area contributed by atoms with Crippen molar-refractivity contribution in [1.29, 1.82) is 0 Å². The van der Waals surface area contributed by atoms with E-state index in [4.69, 9.17) is 4.74 Å². The molecule has 0 aliphatic carbocycles. The molecule has 132 valence electrons. The van der Waals surface area contributed by atoms with Crippen LogP contribution in [0.5, 0.6) is 0 Å². The fourth-order valence-corrected chi connectivity index (χ4v) is 1.90. The number of carboxylic acid groups (broad SMARTS) is 1. The van der Waals surface area contributed by atoms with E-state index in [-0.39, 0.29) is 24.2 Å². The van der Waals surface area contributed by atoms with Crippen LogP contribution >= 0.6 is 0 Å². The van der Waals surface area contributed by atoms with Gasteiger partial charge in [0.1, 0.15) is 17.0 Å². The Bertz CT molecular complexity index is 621. The number of Topliss-reactive ketones (excluding diaryl/α,β-unsaturated/α-hetero) is 1. The SMILES string of the molecule is CC(C)(C)OC(=O)NC(C)(CCC(=O)c1ccc(F)cc1)C(=O)O. The first-order valence-corrected chi connectivity index (χ1v) is 7.46. The third-order valence-electron chi connectivity index (χ3n) is 3.27. The molecule has 1 rings (SSSR count). The molecule has 24 heavy (non-hydrogen) atoms. The number of carbonyl (C=O) groups excluding carboxylic acids is 2. The van der Waals surface area contributed by atoms with Crippen molar-refractivity contribution in [3.63, 3.8) is 0 Å². The van der Waals surface area contributed by atoms with Crippen molar-refractivity contribution < 1.29 is 28.6 Å². The summed E-state index contributed by atoms with van der Waals surface area (Å²) in [6.45, 7) is 6.27. The topological polar surface area (TPSA) is 92.7 Å². The van der Waals surface area contributed by atoms with E-state index in [1.165, 1.54) is 19.1 Å². The van der Waals surface area contributed by atoms with Gasteiger partial charge in [0.15, 0.2) is 5.78 Å². The summed E-state index contributed by atoms with van der Waals surface area (Å²) < 4.78 is 17.9.